The van der Waals surface area contributed by atoms with Gasteiger partial charge in [-0.1, -0.05) is 69.7 Å². The highest BCUT2D eigenvalue weighted by Gasteiger charge is 2.14. The molecule has 4 aromatic rings. The van der Waals surface area contributed by atoms with Crippen LogP contribution in [0.5, 0.6) is 0 Å². The Hall–Kier alpha value is -3.76. The number of aromatic nitrogens is 4. The van der Waals surface area contributed by atoms with E-state index in [0.717, 1.165) is 48.3 Å². The third kappa shape index (κ3) is 5.73. The van der Waals surface area contributed by atoms with Crippen molar-refractivity contribution in [2.24, 2.45) is 0 Å². The summed E-state index contributed by atoms with van der Waals surface area (Å²) in [5, 5.41) is 15.2. The Morgan fingerprint density at radius 2 is 1.79 bits per heavy atom. The fourth-order valence-corrected chi connectivity index (χ4v) is 3.64. The SMILES string of the molecule is CCCc1nc2nc[nH]n2c(=O)c1Cc1ccc(-c2ccccc2C#N)cc1.CCNCC. The van der Waals surface area contributed by atoms with Crippen LogP contribution in [0.1, 0.15) is 49.6 Å². The van der Waals surface area contributed by atoms with Crippen LogP contribution in [0.15, 0.2) is 59.7 Å². The average Bonchev–Trinajstić information content (AvgIpc) is 3.32. The Balaban J connectivity index is 0.000000555. The summed E-state index contributed by atoms with van der Waals surface area (Å²) in [6.45, 7) is 8.46. The first-order chi connectivity index (χ1) is 16.1. The monoisotopic (exact) mass is 442 g/mol. The molecule has 0 aliphatic heterocycles. The van der Waals surface area contributed by atoms with E-state index in [1.165, 1.54) is 10.8 Å². The minimum Gasteiger partial charge on any atom is -0.317 e. The molecule has 2 aromatic carbocycles. The van der Waals surface area contributed by atoms with Crippen LogP contribution in [-0.2, 0) is 12.8 Å². The van der Waals surface area contributed by atoms with E-state index >= 15 is 0 Å². The van der Waals surface area contributed by atoms with Crippen molar-refractivity contribution in [3.63, 3.8) is 0 Å². The number of nitrogens with one attached hydrogen (secondary N) is 2. The van der Waals surface area contributed by atoms with E-state index in [1.807, 2.05) is 48.5 Å². The summed E-state index contributed by atoms with van der Waals surface area (Å²) < 4.78 is 1.38. The fourth-order valence-electron chi connectivity index (χ4n) is 3.64. The third-order valence-corrected chi connectivity index (χ3v) is 5.29. The van der Waals surface area contributed by atoms with Crippen molar-refractivity contribution < 1.29 is 0 Å². The number of benzene rings is 2. The van der Waals surface area contributed by atoms with Gasteiger partial charge in [-0.15, -0.1) is 0 Å². The van der Waals surface area contributed by atoms with Crippen molar-refractivity contribution >= 4 is 5.78 Å². The van der Waals surface area contributed by atoms with Crippen LogP contribution in [0.25, 0.3) is 16.9 Å². The molecule has 0 saturated carbocycles. The molecular weight excluding hydrogens is 412 g/mol. The first-order valence-corrected chi connectivity index (χ1v) is 11.4. The first kappa shape index (κ1) is 23.9. The standard InChI is InChI=1S/C22H19N5O.C4H11N/c1-2-5-20-19(21(28)27-22(26-20)24-14-25-27)12-15-8-10-16(11-9-15)18-7-4-3-6-17(18)13-23;1-3-5-4-2/h3-4,6-11,14H,2,5,12H2,1H3,(H,24,25,26);5H,3-4H2,1-2H3. The Kier molecular flexibility index (Phi) is 8.50. The molecule has 0 fully saturated rings. The van der Waals surface area contributed by atoms with Gasteiger partial charge in [-0.2, -0.15) is 9.78 Å². The highest BCUT2D eigenvalue weighted by atomic mass is 16.1. The molecule has 0 spiro atoms. The molecule has 0 radical (unpaired) electrons. The van der Waals surface area contributed by atoms with Gasteiger partial charge in [-0.25, -0.2) is 9.97 Å². The maximum absolute atomic E-state index is 12.9. The number of rotatable bonds is 7. The number of nitrogens with zero attached hydrogens (tertiary/aromatic N) is 4. The number of aryl methyl sites for hydroxylation is 1. The van der Waals surface area contributed by atoms with Crippen molar-refractivity contribution in [2.75, 3.05) is 13.1 Å². The molecule has 0 aliphatic carbocycles. The molecule has 0 atom stereocenters. The normalized spacial score (nSPS) is 10.5. The Morgan fingerprint density at radius 1 is 1.06 bits per heavy atom. The molecule has 0 amide bonds. The Morgan fingerprint density at radius 3 is 2.42 bits per heavy atom. The maximum Gasteiger partial charge on any atom is 0.277 e. The average molecular weight is 443 g/mol. The summed E-state index contributed by atoms with van der Waals surface area (Å²) >= 11 is 0. The predicted octanol–water partition coefficient (Wildman–Crippen LogP) is 4.12. The van der Waals surface area contributed by atoms with Gasteiger partial charge >= 0.3 is 0 Å². The third-order valence-electron chi connectivity index (χ3n) is 5.29. The topological polar surface area (TPSA) is 98.9 Å². The quantitative estimate of drug-likeness (QED) is 0.449. The molecule has 2 N–H and O–H groups in total. The Bertz CT molecular complexity index is 1280. The summed E-state index contributed by atoms with van der Waals surface area (Å²) in [5.41, 5.74) is 4.94. The molecule has 2 aromatic heterocycles. The number of hydrogen-bond donors (Lipinski definition) is 2. The van der Waals surface area contributed by atoms with Crippen molar-refractivity contribution in [3.05, 3.63) is 87.6 Å². The molecule has 0 bridgehead atoms. The van der Waals surface area contributed by atoms with Crippen molar-refractivity contribution in [2.45, 2.75) is 40.0 Å². The molecule has 170 valence electrons. The van der Waals surface area contributed by atoms with Gasteiger partial charge < -0.3 is 5.32 Å². The lowest BCUT2D eigenvalue weighted by molar-refractivity contribution is 0.762. The summed E-state index contributed by atoms with van der Waals surface area (Å²) in [4.78, 5) is 21.5. The zero-order valence-corrected chi connectivity index (χ0v) is 19.4. The molecule has 33 heavy (non-hydrogen) atoms. The van der Waals surface area contributed by atoms with Crippen molar-refractivity contribution in [1.82, 2.24) is 24.9 Å². The zero-order valence-electron chi connectivity index (χ0n) is 19.4. The van der Waals surface area contributed by atoms with E-state index in [1.54, 1.807) is 0 Å². The van der Waals surface area contributed by atoms with Crippen LogP contribution >= 0.6 is 0 Å². The van der Waals surface area contributed by atoms with Gasteiger partial charge in [-0.3, -0.25) is 9.89 Å². The van der Waals surface area contributed by atoms with Gasteiger partial charge in [0.1, 0.15) is 6.33 Å². The summed E-state index contributed by atoms with van der Waals surface area (Å²) in [6.07, 6.45) is 3.62. The number of nitriles is 1. The highest BCUT2D eigenvalue weighted by molar-refractivity contribution is 5.70. The molecule has 7 nitrogen and oxygen atoms in total. The lowest BCUT2D eigenvalue weighted by Crippen LogP contribution is -2.23. The Labute approximate surface area is 194 Å². The van der Waals surface area contributed by atoms with Crippen LogP contribution < -0.4 is 10.9 Å². The van der Waals surface area contributed by atoms with E-state index in [4.69, 9.17) is 0 Å². The fraction of sp³-hybridized carbons (Fsp3) is 0.308. The molecule has 2 heterocycles. The lowest BCUT2D eigenvalue weighted by Gasteiger charge is -2.09. The smallest absolute Gasteiger partial charge is 0.277 e. The number of H-pyrrole nitrogens is 1. The first-order valence-electron chi connectivity index (χ1n) is 11.4. The molecule has 0 saturated heterocycles. The van der Waals surface area contributed by atoms with Crippen molar-refractivity contribution in [3.8, 4) is 17.2 Å². The van der Waals surface area contributed by atoms with Crippen LogP contribution in [0, 0.1) is 11.3 Å². The van der Waals surface area contributed by atoms with Gasteiger partial charge in [0.2, 0.25) is 0 Å². The predicted molar refractivity (Wildman–Crippen MR) is 131 cm³/mol. The van der Waals surface area contributed by atoms with E-state index in [0.29, 0.717) is 23.3 Å². The van der Waals surface area contributed by atoms with Crippen LogP contribution in [0.3, 0.4) is 0 Å². The number of hydrogen-bond acceptors (Lipinski definition) is 5. The number of fused-ring (bicyclic) bond motifs is 1. The minimum absolute atomic E-state index is 0.107. The van der Waals surface area contributed by atoms with E-state index < -0.39 is 0 Å². The van der Waals surface area contributed by atoms with Gasteiger partial charge in [0.25, 0.3) is 11.3 Å². The molecular formula is C26H30N6O. The summed E-state index contributed by atoms with van der Waals surface area (Å²) in [7, 11) is 0. The van der Waals surface area contributed by atoms with Crippen molar-refractivity contribution in [1.29, 1.82) is 5.26 Å². The van der Waals surface area contributed by atoms with Crippen LogP contribution in [-0.4, -0.2) is 32.7 Å². The van der Waals surface area contributed by atoms with Gasteiger partial charge in [0, 0.05) is 12.0 Å². The molecule has 7 heteroatoms. The van der Waals surface area contributed by atoms with Crippen LogP contribution in [0.2, 0.25) is 0 Å². The summed E-state index contributed by atoms with van der Waals surface area (Å²) in [6, 6.07) is 17.7. The second-order valence-corrected chi connectivity index (χ2v) is 7.60. The second-order valence-electron chi connectivity index (χ2n) is 7.60. The van der Waals surface area contributed by atoms with E-state index in [9.17, 15) is 10.1 Å². The largest absolute Gasteiger partial charge is 0.317 e. The maximum atomic E-state index is 12.9. The lowest BCUT2D eigenvalue weighted by atomic mass is 9.97. The molecule has 0 aliphatic rings. The zero-order chi connectivity index (χ0) is 23.6. The van der Waals surface area contributed by atoms with Gasteiger partial charge in [0.05, 0.1) is 17.3 Å². The molecule has 0 unspecified atom stereocenters. The second kappa shape index (κ2) is 11.7. The van der Waals surface area contributed by atoms with Crippen LogP contribution in [0.4, 0.5) is 0 Å². The summed E-state index contributed by atoms with van der Waals surface area (Å²) in [5.74, 6) is 0.403. The van der Waals surface area contributed by atoms with Gasteiger partial charge in [-0.05, 0) is 42.3 Å². The van der Waals surface area contributed by atoms with E-state index in [-0.39, 0.29) is 5.56 Å². The minimum atomic E-state index is -0.107. The van der Waals surface area contributed by atoms with Gasteiger partial charge in [0.15, 0.2) is 0 Å². The molecule has 4 rings (SSSR count). The highest BCUT2D eigenvalue weighted by Crippen LogP contribution is 2.24. The van der Waals surface area contributed by atoms with E-state index in [2.05, 4.69) is 47.2 Å². The number of aromatic amines is 1.